The fourth-order valence-corrected chi connectivity index (χ4v) is 5.36. The first-order chi connectivity index (χ1) is 14.8. The van der Waals surface area contributed by atoms with Crippen molar-refractivity contribution in [2.24, 2.45) is 16.4 Å². The summed E-state index contributed by atoms with van der Waals surface area (Å²) < 4.78 is 0. The third-order valence-corrected chi connectivity index (χ3v) is 7.88. The number of thiophene rings is 1. The Balaban J connectivity index is 1.64. The average Bonchev–Trinajstić information content (AvgIpc) is 3.16. The number of hydrogen-bond acceptors (Lipinski definition) is 7. The van der Waals surface area contributed by atoms with E-state index in [1.54, 1.807) is 29.8 Å². The van der Waals surface area contributed by atoms with E-state index in [1.807, 2.05) is 6.92 Å². The van der Waals surface area contributed by atoms with E-state index >= 15 is 0 Å². The molecule has 0 aliphatic heterocycles. The van der Waals surface area contributed by atoms with Crippen LogP contribution in [0.5, 0.6) is 0 Å². The molecule has 1 atom stereocenters. The zero-order valence-corrected chi connectivity index (χ0v) is 19.1. The quantitative estimate of drug-likeness (QED) is 0.291. The molecule has 1 aliphatic carbocycles. The minimum Gasteiger partial charge on any atom is -0.260 e. The van der Waals surface area contributed by atoms with E-state index in [0.717, 1.165) is 46.6 Å². The molecule has 0 amide bonds. The van der Waals surface area contributed by atoms with Crippen LogP contribution >= 0.6 is 11.3 Å². The van der Waals surface area contributed by atoms with Crippen LogP contribution in [0.2, 0.25) is 0 Å². The summed E-state index contributed by atoms with van der Waals surface area (Å²) in [6.07, 6.45) is 6.10. The minimum atomic E-state index is -0.404. The van der Waals surface area contributed by atoms with Gasteiger partial charge in [-0.1, -0.05) is 27.2 Å². The predicted octanol–water partition coefficient (Wildman–Crippen LogP) is 5.98. The molecule has 31 heavy (non-hydrogen) atoms. The van der Waals surface area contributed by atoms with Crippen molar-refractivity contribution in [1.29, 1.82) is 0 Å². The molecular weight excluding hydrogens is 410 g/mol. The Morgan fingerprint density at radius 2 is 2.06 bits per heavy atom. The molecule has 0 saturated heterocycles. The fourth-order valence-electron chi connectivity index (χ4n) is 4.17. The number of hydrogen-bond donors (Lipinski definition) is 1. The van der Waals surface area contributed by atoms with Crippen LogP contribution in [0.25, 0.3) is 10.2 Å². The second kappa shape index (κ2) is 8.34. The lowest BCUT2D eigenvalue weighted by Crippen LogP contribution is -2.28. The molecule has 162 valence electrons. The van der Waals surface area contributed by atoms with Gasteiger partial charge >= 0.3 is 0 Å². The third kappa shape index (κ3) is 4.17. The van der Waals surface area contributed by atoms with Crippen molar-refractivity contribution in [1.82, 2.24) is 9.97 Å². The summed E-state index contributed by atoms with van der Waals surface area (Å²) in [4.78, 5) is 21.9. The van der Waals surface area contributed by atoms with E-state index in [9.17, 15) is 10.1 Å². The smallest absolute Gasteiger partial charge is 0.260 e. The fraction of sp³-hybridized carbons (Fsp3) is 0.435. The summed E-state index contributed by atoms with van der Waals surface area (Å²) in [6.45, 7) is 8.87. The predicted molar refractivity (Wildman–Crippen MR) is 126 cm³/mol. The molecule has 1 aromatic carbocycles. The molecule has 2 aromatic heterocycles. The van der Waals surface area contributed by atoms with Gasteiger partial charge in [0.25, 0.3) is 5.69 Å². The van der Waals surface area contributed by atoms with Crippen molar-refractivity contribution in [3.63, 3.8) is 0 Å². The highest BCUT2D eigenvalue weighted by Crippen LogP contribution is 2.45. The first-order valence-corrected chi connectivity index (χ1v) is 11.4. The summed E-state index contributed by atoms with van der Waals surface area (Å²) in [5.74, 6) is 1.36. The molecule has 2 heterocycles. The summed E-state index contributed by atoms with van der Waals surface area (Å²) in [5, 5.41) is 16.5. The van der Waals surface area contributed by atoms with E-state index in [2.05, 4.69) is 41.3 Å². The Labute approximate surface area is 185 Å². The first-order valence-electron chi connectivity index (χ1n) is 10.6. The summed E-state index contributed by atoms with van der Waals surface area (Å²) in [7, 11) is 0. The van der Waals surface area contributed by atoms with E-state index in [0.29, 0.717) is 11.3 Å². The van der Waals surface area contributed by atoms with Gasteiger partial charge in [-0.3, -0.25) is 15.5 Å². The second-order valence-corrected chi connectivity index (χ2v) is 9.88. The number of non-ortho nitro benzene ring substituents is 1. The Kier molecular flexibility index (Phi) is 5.75. The van der Waals surface area contributed by atoms with Gasteiger partial charge in [0.15, 0.2) is 5.82 Å². The molecule has 3 aromatic rings. The van der Waals surface area contributed by atoms with Crippen LogP contribution in [0.1, 0.15) is 56.5 Å². The van der Waals surface area contributed by atoms with Gasteiger partial charge in [-0.25, -0.2) is 9.97 Å². The second-order valence-electron chi connectivity index (χ2n) is 8.80. The molecule has 8 heteroatoms. The van der Waals surface area contributed by atoms with E-state index in [4.69, 9.17) is 0 Å². The minimum absolute atomic E-state index is 0.0662. The molecule has 0 radical (unpaired) electrons. The molecule has 0 fully saturated rings. The van der Waals surface area contributed by atoms with Crippen molar-refractivity contribution >= 4 is 38.8 Å². The Morgan fingerprint density at radius 3 is 2.74 bits per heavy atom. The molecule has 0 saturated carbocycles. The van der Waals surface area contributed by atoms with Crippen LogP contribution in [-0.2, 0) is 12.8 Å². The molecule has 0 spiro atoms. The van der Waals surface area contributed by atoms with Crippen LogP contribution in [0.15, 0.2) is 35.7 Å². The van der Waals surface area contributed by atoms with Crippen molar-refractivity contribution in [2.75, 3.05) is 5.43 Å². The Hall–Kier alpha value is -2.87. The lowest BCUT2D eigenvalue weighted by atomic mass is 9.69. The third-order valence-electron chi connectivity index (χ3n) is 6.68. The Morgan fingerprint density at radius 1 is 1.32 bits per heavy atom. The van der Waals surface area contributed by atoms with Gasteiger partial charge in [-0.2, -0.15) is 5.10 Å². The monoisotopic (exact) mass is 437 g/mol. The number of benzene rings is 1. The van der Waals surface area contributed by atoms with Crippen molar-refractivity contribution < 1.29 is 4.92 Å². The SMILES string of the molecule is CCC(C)(C)[C@H]1CCc2sc3ncnc(N/N=C(/C)c4ccc([N+](=O)[O-])cc4)c3c2C1. The molecule has 1 N–H and O–H groups in total. The first kappa shape index (κ1) is 21.4. The van der Waals surface area contributed by atoms with Gasteiger partial charge in [-0.05, 0) is 60.8 Å². The number of aryl methyl sites for hydroxylation is 1. The molecule has 7 nitrogen and oxygen atoms in total. The maximum Gasteiger partial charge on any atom is 0.269 e. The zero-order valence-electron chi connectivity index (χ0n) is 18.3. The lowest BCUT2D eigenvalue weighted by Gasteiger charge is -2.36. The Bertz CT molecular complexity index is 1150. The molecule has 0 bridgehead atoms. The van der Waals surface area contributed by atoms with Crippen LogP contribution in [0.3, 0.4) is 0 Å². The van der Waals surface area contributed by atoms with Crippen LogP contribution in [-0.4, -0.2) is 20.6 Å². The number of nitrogens with zero attached hydrogens (tertiary/aromatic N) is 4. The maximum absolute atomic E-state index is 10.9. The van der Waals surface area contributed by atoms with E-state index < -0.39 is 4.92 Å². The number of nitro groups is 1. The topological polar surface area (TPSA) is 93.3 Å². The number of fused-ring (bicyclic) bond motifs is 3. The van der Waals surface area contributed by atoms with Gasteiger partial charge < -0.3 is 0 Å². The van der Waals surface area contributed by atoms with Gasteiger partial charge in [-0.15, -0.1) is 11.3 Å². The van der Waals surface area contributed by atoms with Crippen LogP contribution in [0, 0.1) is 21.4 Å². The highest BCUT2D eigenvalue weighted by Gasteiger charge is 2.33. The molecule has 4 rings (SSSR count). The number of anilines is 1. The van der Waals surface area contributed by atoms with Crippen LogP contribution in [0.4, 0.5) is 11.5 Å². The van der Waals surface area contributed by atoms with Gasteiger partial charge in [0, 0.05) is 17.0 Å². The zero-order chi connectivity index (χ0) is 22.2. The van der Waals surface area contributed by atoms with Crippen molar-refractivity contribution in [3.8, 4) is 0 Å². The average molecular weight is 438 g/mol. The number of hydrazone groups is 1. The highest BCUT2D eigenvalue weighted by molar-refractivity contribution is 7.19. The van der Waals surface area contributed by atoms with Gasteiger partial charge in [0.1, 0.15) is 11.2 Å². The van der Waals surface area contributed by atoms with Gasteiger partial charge in [0.2, 0.25) is 0 Å². The van der Waals surface area contributed by atoms with Crippen molar-refractivity contribution in [3.05, 3.63) is 56.7 Å². The van der Waals surface area contributed by atoms with Gasteiger partial charge in [0.05, 0.1) is 16.0 Å². The summed E-state index contributed by atoms with van der Waals surface area (Å²) >= 11 is 1.77. The largest absolute Gasteiger partial charge is 0.269 e. The number of rotatable bonds is 6. The standard InChI is InChI=1S/C23H27N5O2S/c1-5-23(3,4)16-8-11-19-18(12-16)20-21(24-13-25-22(20)31-19)27-26-14(2)15-6-9-17(10-7-15)28(29)30/h6-7,9-10,13,16H,5,8,11-12H2,1-4H3,(H,24,25,27)/b26-14-/t16-/m0/s1. The molecule has 0 unspecified atom stereocenters. The lowest BCUT2D eigenvalue weighted by molar-refractivity contribution is -0.384. The van der Waals surface area contributed by atoms with E-state index in [1.165, 1.54) is 29.0 Å². The van der Waals surface area contributed by atoms with Crippen LogP contribution < -0.4 is 5.43 Å². The molecule has 1 aliphatic rings. The molecular formula is C23H27N5O2S. The normalized spacial score (nSPS) is 16.9. The number of nitro benzene ring substituents is 1. The van der Waals surface area contributed by atoms with Crippen molar-refractivity contribution in [2.45, 2.75) is 53.4 Å². The number of nitrogens with one attached hydrogen (secondary N) is 1. The number of aromatic nitrogens is 2. The highest BCUT2D eigenvalue weighted by atomic mass is 32.1. The van der Waals surface area contributed by atoms with E-state index in [-0.39, 0.29) is 5.69 Å². The maximum atomic E-state index is 10.9. The summed E-state index contributed by atoms with van der Waals surface area (Å²) in [5.41, 5.74) is 6.43. The summed E-state index contributed by atoms with van der Waals surface area (Å²) in [6, 6.07) is 6.39.